The molecule has 8 nitrogen and oxygen atoms in total. The van der Waals surface area contributed by atoms with E-state index in [2.05, 4.69) is 10.2 Å². The lowest BCUT2D eigenvalue weighted by Crippen LogP contribution is -2.24. The number of amides is 4. The first-order valence-corrected chi connectivity index (χ1v) is 9.68. The van der Waals surface area contributed by atoms with Crippen LogP contribution in [-0.4, -0.2) is 46.1 Å². The summed E-state index contributed by atoms with van der Waals surface area (Å²) in [5.74, 6) is -1.86. The number of benzene rings is 3. The number of carbonyl (C=O) groups excluding carboxylic acids is 4. The molecule has 0 aromatic heterocycles. The lowest BCUT2D eigenvalue weighted by molar-refractivity contribution is 0.0644. The Hall–Kier alpha value is -4.72. The second-order valence-corrected chi connectivity index (χ2v) is 7.09. The Kier molecular flexibility index (Phi) is 4.52. The molecule has 0 bridgehead atoms. The molecule has 0 atom stereocenters. The van der Waals surface area contributed by atoms with Crippen LogP contribution in [0.2, 0.25) is 0 Å². The number of hydrazone groups is 2. The van der Waals surface area contributed by atoms with Crippen LogP contribution in [0.3, 0.4) is 0 Å². The van der Waals surface area contributed by atoms with E-state index in [0.717, 1.165) is 10.0 Å². The third-order valence-electron chi connectivity index (χ3n) is 5.13. The molecule has 32 heavy (non-hydrogen) atoms. The fraction of sp³-hybridized carbons (Fsp3) is 0. The molecule has 0 fully saturated rings. The van der Waals surface area contributed by atoms with E-state index < -0.39 is 23.6 Å². The second kappa shape index (κ2) is 7.51. The highest BCUT2D eigenvalue weighted by Crippen LogP contribution is 2.23. The lowest BCUT2D eigenvalue weighted by atomic mass is 10.1. The molecule has 2 aliphatic heterocycles. The van der Waals surface area contributed by atoms with Gasteiger partial charge < -0.3 is 0 Å². The predicted molar refractivity (Wildman–Crippen MR) is 116 cm³/mol. The number of fused-ring (bicyclic) bond motifs is 2. The van der Waals surface area contributed by atoms with Gasteiger partial charge in [-0.3, -0.25) is 19.2 Å². The van der Waals surface area contributed by atoms with Crippen LogP contribution in [0.15, 0.2) is 83.0 Å². The largest absolute Gasteiger partial charge is 0.282 e. The topological polar surface area (TPSA) is 99.5 Å². The van der Waals surface area contributed by atoms with Gasteiger partial charge in [-0.05, 0) is 35.4 Å². The van der Waals surface area contributed by atoms with E-state index in [4.69, 9.17) is 0 Å². The minimum absolute atomic E-state index is 0.328. The smallest absolute Gasteiger partial charge is 0.267 e. The number of hydrogen-bond donors (Lipinski definition) is 0. The van der Waals surface area contributed by atoms with Crippen LogP contribution in [0.5, 0.6) is 0 Å². The average Bonchev–Trinajstić information content (AvgIpc) is 3.22. The Morgan fingerprint density at radius 2 is 0.750 bits per heavy atom. The van der Waals surface area contributed by atoms with E-state index in [9.17, 15) is 19.2 Å². The maximum Gasteiger partial charge on any atom is 0.282 e. The summed E-state index contributed by atoms with van der Waals surface area (Å²) in [4.78, 5) is 49.4. The molecule has 0 saturated carbocycles. The van der Waals surface area contributed by atoms with Crippen molar-refractivity contribution in [3.05, 3.63) is 106 Å². The summed E-state index contributed by atoms with van der Waals surface area (Å²) in [6, 6.07) is 20.0. The van der Waals surface area contributed by atoms with Crippen LogP contribution in [0.25, 0.3) is 0 Å². The zero-order chi connectivity index (χ0) is 22.2. The summed E-state index contributed by atoms with van der Waals surface area (Å²) in [5, 5.41) is 9.73. The molecule has 0 unspecified atom stereocenters. The van der Waals surface area contributed by atoms with Crippen molar-refractivity contribution >= 4 is 36.1 Å². The monoisotopic (exact) mass is 422 g/mol. The van der Waals surface area contributed by atoms with Gasteiger partial charge in [0.05, 0.1) is 34.7 Å². The van der Waals surface area contributed by atoms with Gasteiger partial charge in [0.15, 0.2) is 0 Å². The predicted octanol–water partition coefficient (Wildman–Crippen LogP) is 2.95. The summed E-state index contributed by atoms with van der Waals surface area (Å²) in [7, 11) is 0. The van der Waals surface area contributed by atoms with E-state index in [1.54, 1.807) is 72.8 Å². The van der Waals surface area contributed by atoms with Crippen LogP contribution in [0.4, 0.5) is 0 Å². The number of rotatable bonds is 4. The molecule has 3 aromatic rings. The SMILES string of the molecule is O=C1c2ccccc2C(=O)N1N=Cc1ccc(/C=N\N2C(=O)c3ccccc3C2=O)cc1. The van der Waals surface area contributed by atoms with Gasteiger partial charge in [0.25, 0.3) is 23.6 Å². The third kappa shape index (κ3) is 3.10. The Labute approximate surface area is 182 Å². The van der Waals surface area contributed by atoms with E-state index >= 15 is 0 Å². The molecule has 4 amide bonds. The number of carbonyl (C=O) groups is 4. The fourth-order valence-corrected chi connectivity index (χ4v) is 3.48. The van der Waals surface area contributed by atoms with Gasteiger partial charge >= 0.3 is 0 Å². The molecule has 5 rings (SSSR count). The summed E-state index contributed by atoms with van der Waals surface area (Å²) in [6.45, 7) is 0. The molecule has 2 heterocycles. The normalized spacial score (nSPS) is 15.4. The first-order valence-electron chi connectivity index (χ1n) is 9.68. The second-order valence-electron chi connectivity index (χ2n) is 7.09. The zero-order valence-corrected chi connectivity index (χ0v) is 16.5. The van der Waals surface area contributed by atoms with Crippen molar-refractivity contribution in [3.63, 3.8) is 0 Å². The van der Waals surface area contributed by atoms with Crippen molar-refractivity contribution in [2.45, 2.75) is 0 Å². The molecule has 0 aliphatic carbocycles. The molecular formula is C24H14N4O4. The van der Waals surface area contributed by atoms with E-state index in [0.29, 0.717) is 33.4 Å². The molecule has 0 saturated heterocycles. The van der Waals surface area contributed by atoms with Crippen LogP contribution in [0, 0.1) is 0 Å². The van der Waals surface area contributed by atoms with E-state index in [-0.39, 0.29) is 0 Å². The van der Waals surface area contributed by atoms with Gasteiger partial charge in [0.1, 0.15) is 0 Å². The van der Waals surface area contributed by atoms with Crippen LogP contribution < -0.4 is 0 Å². The molecule has 154 valence electrons. The molecule has 0 N–H and O–H groups in total. The van der Waals surface area contributed by atoms with Crippen molar-refractivity contribution in [1.29, 1.82) is 0 Å². The average molecular weight is 422 g/mol. The minimum Gasteiger partial charge on any atom is -0.267 e. The van der Waals surface area contributed by atoms with Gasteiger partial charge in [-0.15, -0.1) is 0 Å². The number of nitrogens with zero attached hydrogens (tertiary/aromatic N) is 4. The Morgan fingerprint density at radius 3 is 1.03 bits per heavy atom. The third-order valence-corrected chi connectivity index (χ3v) is 5.13. The number of imide groups is 2. The highest BCUT2D eigenvalue weighted by molar-refractivity contribution is 6.22. The van der Waals surface area contributed by atoms with Crippen LogP contribution in [0.1, 0.15) is 52.6 Å². The highest BCUT2D eigenvalue weighted by atomic mass is 16.2. The fourth-order valence-electron chi connectivity index (χ4n) is 3.48. The number of hydrogen-bond acceptors (Lipinski definition) is 6. The standard InChI is InChI=1S/C24H14N4O4/c29-21-17-5-1-2-6-18(17)22(30)27(21)25-13-15-9-11-16(12-10-15)14-26-28-23(31)19-7-3-4-8-20(19)24(28)32/h1-14H/b25-13-,26-14?. The first-order chi connectivity index (χ1) is 15.5. The minimum atomic E-state index is -0.466. The molecular weight excluding hydrogens is 408 g/mol. The summed E-state index contributed by atoms with van der Waals surface area (Å²) in [6.07, 6.45) is 2.82. The van der Waals surface area contributed by atoms with Gasteiger partial charge in [-0.25, -0.2) is 0 Å². The van der Waals surface area contributed by atoms with Gasteiger partial charge in [-0.1, -0.05) is 48.5 Å². The molecule has 2 aliphatic rings. The first kappa shape index (κ1) is 19.3. The lowest BCUT2D eigenvalue weighted by Gasteiger charge is -2.06. The van der Waals surface area contributed by atoms with Crippen LogP contribution in [-0.2, 0) is 0 Å². The van der Waals surface area contributed by atoms with E-state index in [1.165, 1.54) is 12.4 Å². The van der Waals surface area contributed by atoms with Crippen molar-refractivity contribution in [1.82, 2.24) is 10.0 Å². The van der Waals surface area contributed by atoms with Gasteiger partial charge in [-0.2, -0.15) is 20.2 Å². The van der Waals surface area contributed by atoms with Crippen molar-refractivity contribution in [2.75, 3.05) is 0 Å². The Balaban J connectivity index is 1.29. The van der Waals surface area contributed by atoms with Crippen molar-refractivity contribution < 1.29 is 19.2 Å². The van der Waals surface area contributed by atoms with E-state index in [1.807, 2.05) is 0 Å². The van der Waals surface area contributed by atoms with Gasteiger partial charge in [0, 0.05) is 0 Å². The quantitative estimate of drug-likeness (QED) is 0.477. The zero-order valence-electron chi connectivity index (χ0n) is 16.5. The Bertz CT molecular complexity index is 1180. The molecule has 0 spiro atoms. The summed E-state index contributed by atoms with van der Waals surface area (Å²) in [5.41, 5.74) is 2.62. The molecule has 3 aromatic carbocycles. The van der Waals surface area contributed by atoms with Gasteiger partial charge in [0.2, 0.25) is 0 Å². The van der Waals surface area contributed by atoms with Crippen LogP contribution >= 0.6 is 0 Å². The summed E-state index contributed by atoms with van der Waals surface area (Å²) >= 11 is 0. The Morgan fingerprint density at radius 1 is 0.469 bits per heavy atom. The van der Waals surface area contributed by atoms with Crippen molar-refractivity contribution in [3.8, 4) is 0 Å². The maximum atomic E-state index is 12.3. The highest BCUT2D eigenvalue weighted by Gasteiger charge is 2.36. The molecule has 0 radical (unpaired) electrons. The summed E-state index contributed by atoms with van der Waals surface area (Å²) < 4.78 is 0. The van der Waals surface area contributed by atoms with Crippen molar-refractivity contribution in [2.24, 2.45) is 10.2 Å². The molecule has 8 heteroatoms. The maximum absolute atomic E-state index is 12.3.